The monoisotopic (exact) mass is 168 g/mol. The van der Waals surface area contributed by atoms with Gasteiger partial charge in [-0.05, 0) is 0 Å². The first-order valence-electron chi connectivity index (χ1n) is 0.921. The van der Waals surface area contributed by atoms with Gasteiger partial charge in [0.25, 0.3) is 0 Å². The van der Waals surface area contributed by atoms with E-state index >= 15 is 0 Å². The van der Waals surface area contributed by atoms with E-state index in [0.29, 0.717) is 0 Å². The Labute approximate surface area is 49.2 Å². The fraction of sp³-hybridized carbons (Fsp3) is 1.00. The maximum absolute atomic E-state index is 10.4. The van der Waals surface area contributed by atoms with Crippen molar-refractivity contribution >= 4 is 0 Å². The van der Waals surface area contributed by atoms with Gasteiger partial charge >= 0.3 is 36.2 Å². The Morgan fingerprint density at radius 3 is 1.17 bits per heavy atom. The van der Waals surface area contributed by atoms with Crippen LogP contribution in [0.4, 0.5) is 13.2 Å². The van der Waals surface area contributed by atoms with E-state index in [9.17, 15) is 13.2 Å². The predicted molar refractivity (Wildman–Crippen MR) is 6.05 cm³/mol. The third-order valence-electron chi connectivity index (χ3n) is 0. The second-order valence-electron chi connectivity index (χ2n) is 0.615. The van der Waals surface area contributed by atoms with Crippen LogP contribution in [0.15, 0.2) is 0 Å². The Morgan fingerprint density at radius 1 is 1.17 bits per heavy atom. The van der Waals surface area contributed by atoms with Crippen molar-refractivity contribution in [3.63, 3.8) is 0 Å². The molecule has 0 heterocycles. The largest absolute Gasteiger partial charge is 1.00 e. The topological polar surface area (TPSA) is 0 Å². The van der Waals surface area contributed by atoms with Crippen LogP contribution in [0.3, 0.4) is 0 Å². The normalized spacial score (nSPS) is 10.2. The smallest absolute Gasteiger partial charge is 1.00 e. The molecule has 0 spiro atoms. The van der Waals surface area contributed by atoms with Gasteiger partial charge in [-0.2, -0.15) is 0 Å². The van der Waals surface area contributed by atoms with Crippen LogP contribution in [0.5, 0.6) is 0 Å². The quantitative estimate of drug-likeness (QED) is 0.371. The van der Waals surface area contributed by atoms with Gasteiger partial charge in [0.05, 0.1) is 0 Å². The first-order valence-corrected chi connectivity index (χ1v) is 2.40. The van der Waals surface area contributed by atoms with Crippen molar-refractivity contribution in [2.45, 2.75) is 4.77 Å². The van der Waals surface area contributed by atoms with Gasteiger partial charge in [0, 0.05) is 0 Å². The maximum Gasteiger partial charge on any atom is -1.00 e. The zero-order valence-electron chi connectivity index (χ0n) is 2.72. The molecule has 0 aromatic carbocycles. The van der Waals surface area contributed by atoms with E-state index < -0.39 is 23.1 Å². The Hall–Kier alpha value is 0.703. The Bertz CT molecular complexity index is 26.3. The Morgan fingerprint density at radius 2 is 1.17 bits per heavy atom. The molecule has 6 heavy (non-hydrogen) atoms. The molecule has 0 unspecified atom stereocenters. The third kappa shape index (κ3) is 130. The summed E-state index contributed by atoms with van der Waals surface area (Å²) >= 11 is -0.604. The second-order valence-corrected chi connectivity index (χ2v) is 2.30. The summed E-state index contributed by atoms with van der Waals surface area (Å²) in [4.78, 5) is 0. The van der Waals surface area contributed by atoms with Crippen molar-refractivity contribution in [3.8, 4) is 0 Å². The minimum Gasteiger partial charge on any atom is -1.00 e. The fourth-order valence-electron chi connectivity index (χ4n) is 0. The molecule has 0 aromatic heterocycles. The van der Waals surface area contributed by atoms with Crippen LogP contribution in [-0.4, -0.2) is 4.77 Å². The van der Waals surface area contributed by atoms with Crippen LogP contribution in [0.2, 0.25) is 0 Å². The van der Waals surface area contributed by atoms with Gasteiger partial charge in [-0.3, -0.25) is 0 Å². The van der Waals surface area contributed by atoms with Crippen molar-refractivity contribution in [2.75, 3.05) is 0 Å². The summed E-state index contributed by atoms with van der Waals surface area (Å²) in [5.74, 6) is 0. The molecule has 5 heteroatoms. The molecule has 0 amide bonds. The van der Waals surface area contributed by atoms with E-state index in [2.05, 4.69) is 0 Å². The van der Waals surface area contributed by atoms with Crippen LogP contribution in [-0.2, 0) is 18.3 Å². The van der Waals surface area contributed by atoms with Crippen LogP contribution in [0.25, 0.3) is 0 Å². The number of alkyl halides is 3. The first-order chi connectivity index (χ1) is 2.00. The maximum atomic E-state index is 10.4. The van der Waals surface area contributed by atoms with Gasteiger partial charge in [0.2, 0.25) is 0 Å². The molecule has 0 nitrogen and oxygen atoms in total. The Balaban J connectivity index is 0. The molecule has 34 valence electrons. The molecule has 0 aliphatic rings. The van der Waals surface area contributed by atoms with Crippen molar-refractivity contribution < 1.29 is 43.9 Å². The summed E-state index contributed by atoms with van der Waals surface area (Å²) in [6, 6.07) is 0. The zero-order valence-corrected chi connectivity index (χ0v) is 6.44. The summed E-state index contributed by atoms with van der Waals surface area (Å²) in [5, 5.41) is 0. The first kappa shape index (κ1) is 9.86. The molecule has 0 N–H and O–H groups in total. The average molecular weight is 170 g/mol. The molecular formula is CClF3Zn. The molecule has 0 bridgehead atoms. The molecule has 0 radical (unpaired) electrons. The molecule has 0 rings (SSSR count). The van der Waals surface area contributed by atoms with Crippen molar-refractivity contribution in [3.05, 3.63) is 0 Å². The van der Waals surface area contributed by atoms with Crippen molar-refractivity contribution in [1.29, 1.82) is 0 Å². The number of halogens is 4. The summed E-state index contributed by atoms with van der Waals surface area (Å²) in [6.45, 7) is 0. The molecule has 0 aliphatic carbocycles. The molecule has 0 saturated carbocycles. The van der Waals surface area contributed by atoms with Crippen LogP contribution in [0.1, 0.15) is 0 Å². The average Bonchev–Trinajstić information content (AvgIpc) is 0.722. The van der Waals surface area contributed by atoms with Crippen molar-refractivity contribution in [1.82, 2.24) is 0 Å². The molecular weight excluding hydrogens is 170 g/mol. The summed E-state index contributed by atoms with van der Waals surface area (Å²) in [7, 11) is 0. The zero-order chi connectivity index (χ0) is 4.50. The van der Waals surface area contributed by atoms with Gasteiger partial charge in [-0.15, -0.1) is 0 Å². The van der Waals surface area contributed by atoms with E-state index in [0.717, 1.165) is 0 Å². The van der Waals surface area contributed by atoms with Crippen molar-refractivity contribution in [2.24, 2.45) is 0 Å². The predicted octanol–water partition coefficient (Wildman–Crippen LogP) is -1.94. The minimum absolute atomic E-state index is 0. The van der Waals surface area contributed by atoms with Gasteiger partial charge in [0.15, 0.2) is 0 Å². The summed E-state index contributed by atoms with van der Waals surface area (Å²) in [6.07, 6.45) is 0. The molecule has 0 aliphatic heterocycles. The van der Waals surface area contributed by atoms with E-state index in [1.807, 2.05) is 0 Å². The fourth-order valence-corrected chi connectivity index (χ4v) is 0. The molecule has 0 saturated heterocycles. The van der Waals surface area contributed by atoms with Gasteiger partial charge in [-0.25, -0.2) is 0 Å². The summed E-state index contributed by atoms with van der Waals surface area (Å²) < 4.78 is 27.4. The Kier molecular flexibility index (Phi) is 4.61. The number of hydrogen-bond donors (Lipinski definition) is 0. The molecule has 0 aromatic rings. The van der Waals surface area contributed by atoms with E-state index in [4.69, 9.17) is 0 Å². The van der Waals surface area contributed by atoms with Gasteiger partial charge < -0.3 is 12.4 Å². The van der Waals surface area contributed by atoms with Crippen LogP contribution >= 0.6 is 0 Å². The van der Waals surface area contributed by atoms with Crippen LogP contribution in [0, 0.1) is 0 Å². The van der Waals surface area contributed by atoms with E-state index in [1.54, 1.807) is 0 Å². The van der Waals surface area contributed by atoms with Crippen LogP contribution < -0.4 is 12.4 Å². The molecule has 0 fully saturated rings. The van der Waals surface area contributed by atoms with E-state index in [1.165, 1.54) is 0 Å². The minimum atomic E-state index is -3.88. The number of hydrogen-bond acceptors (Lipinski definition) is 0. The van der Waals surface area contributed by atoms with E-state index in [-0.39, 0.29) is 12.4 Å². The standard InChI is InChI=1S/CF3.ClH.Zn/c2-1(3)4;;/h;1H;/q;;+1/p-1. The van der Waals surface area contributed by atoms with Gasteiger partial charge in [-0.1, -0.05) is 0 Å². The van der Waals surface area contributed by atoms with Gasteiger partial charge in [0.1, 0.15) is 0 Å². The third-order valence-corrected chi connectivity index (χ3v) is 0. The second kappa shape index (κ2) is 2.81. The summed E-state index contributed by atoms with van der Waals surface area (Å²) in [5.41, 5.74) is 0. The number of rotatable bonds is 0. The SMILES string of the molecule is F[C](F)(F)[Zn+].[Cl-]. The molecule has 0 atom stereocenters.